The van der Waals surface area contributed by atoms with Crippen LogP contribution in [-0.2, 0) is 6.54 Å². The molecule has 0 aromatic heterocycles. The standard InChI is InChI=1S/C17H21NO/c1-12-8-9-16(17(10-12)19-4)18-11-15-13(2)6-5-7-14(15)3/h5-10,18H,11H2,1-4H3. The third-order valence-corrected chi connectivity index (χ3v) is 3.46. The van der Waals surface area contributed by atoms with E-state index in [2.05, 4.69) is 56.4 Å². The van der Waals surface area contributed by atoms with E-state index in [-0.39, 0.29) is 0 Å². The molecule has 0 saturated heterocycles. The van der Waals surface area contributed by atoms with Gasteiger partial charge in [0.05, 0.1) is 12.8 Å². The van der Waals surface area contributed by atoms with Gasteiger partial charge in [-0.1, -0.05) is 24.3 Å². The van der Waals surface area contributed by atoms with Gasteiger partial charge in [-0.25, -0.2) is 0 Å². The molecule has 0 saturated carbocycles. The second-order valence-electron chi connectivity index (χ2n) is 4.93. The van der Waals surface area contributed by atoms with Crippen molar-refractivity contribution < 1.29 is 4.74 Å². The van der Waals surface area contributed by atoms with Gasteiger partial charge < -0.3 is 10.1 Å². The first-order valence-corrected chi connectivity index (χ1v) is 6.55. The average molecular weight is 255 g/mol. The summed E-state index contributed by atoms with van der Waals surface area (Å²) < 4.78 is 5.41. The van der Waals surface area contributed by atoms with Gasteiger partial charge >= 0.3 is 0 Å². The first kappa shape index (κ1) is 13.5. The molecule has 0 spiro atoms. The fourth-order valence-corrected chi connectivity index (χ4v) is 2.26. The molecule has 19 heavy (non-hydrogen) atoms. The van der Waals surface area contributed by atoms with E-state index in [9.17, 15) is 0 Å². The van der Waals surface area contributed by atoms with Crippen LogP contribution in [0.1, 0.15) is 22.3 Å². The van der Waals surface area contributed by atoms with Crippen molar-refractivity contribution in [1.82, 2.24) is 0 Å². The minimum Gasteiger partial charge on any atom is -0.495 e. The van der Waals surface area contributed by atoms with Crippen molar-refractivity contribution >= 4 is 5.69 Å². The maximum Gasteiger partial charge on any atom is 0.142 e. The number of benzene rings is 2. The van der Waals surface area contributed by atoms with Crippen molar-refractivity contribution in [1.29, 1.82) is 0 Å². The number of rotatable bonds is 4. The molecule has 2 aromatic rings. The second kappa shape index (κ2) is 5.79. The van der Waals surface area contributed by atoms with Gasteiger partial charge in [0, 0.05) is 6.54 Å². The van der Waals surface area contributed by atoms with Crippen molar-refractivity contribution in [3.05, 3.63) is 58.7 Å². The Labute approximate surface area is 115 Å². The van der Waals surface area contributed by atoms with Crippen LogP contribution in [0.5, 0.6) is 5.75 Å². The number of hydrogen-bond donors (Lipinski definition) is 1. The van der Waals surface area contributed by atoms with Crippen LogP contribution in [0.4, 0.5) is 5.69 Å². The van der Waals surface area contributed by atoms with Gasteiger partial charge in [-0.05, 0) is 55.2 Å². The number of ether oxygens (including phenoxy) is 1. The lowest BCUT2D eigenvalue weighted by Gasteiger charge is -2.14. The zero-order valence-electron chi connectivity index (χ0n) is 12.1. The molecule has 0 heterocycles. The van der Waals surface area contributed by atoms with Crippen LogP contribution in [0.2, 0.25) is 0 Å². The van der Waals surface area contributed by atoms with E-state index < -0.39 is 0 Å². The van der Waals surface area contributed by atoms with E-state index >= 15 is 0 Å². The highest BCUT2D eigenvalue weighted by Gasteiger charge is 2.05. The fourth-order valence-electron chi connectivity index (χ4n) is 2.26. The summed E-state index contributed by atoms with van der Waals surface area (Å²) in [4.78, 5) is 0. The highest BCUT2D eigenvalue weighted by molar-refractivity contribution is 5.58. The summed E-state index contributed by atoms with van der Waals surface area (Å²) in [5.41, 5.74) is 6.23. The Morgan fingerprint density at radius 2 is 1.68 bits per heavy atom. The highest BCUT2D eigenvalue weighted by atomic mass is 16.5. The SMILES string of the molecule is COc1cc(C)ccc1NCc1c(C)cccc1C. The lowest BCUT2D eigenvalue weighted by molar-refractivity contribution is 0.416. The third kappa shape index (κ3) is 3.08. The Morgan fingerprint density at radius 3 is 2.32 bits per heavy atom. The van der Waals surface area contributed by atoms with Crippen LogP contribution in [-0.4, -0.2) is 7.11 Å². The van der Waals surface area contributed by atoms with E-state index in [1.54, 1.807) is 7.11 Å². The molecule has 0 aliphatic rings. The first-order valence-electron chi connectivity index (χ1n) is 6.55. The van der Waals surface area contributed by atoms with E-state index in [1.807, 2.05) is 6.07 Å². The van der Waals surface area contributed by atoms with Crippen LogP contribution in [0.25, 0.3) is 0 Å². The molecule has 0 unspecified atom stereocenters. The monoisotopic (exact) mass is 255 g/mol. The molecule has 1 N–H and O–H groups in total. The first-order chi connectivity index (χ1) is 9.11. The molecule has 2 rings (SSSR count). The molecule has 0 bridgehead atoms. The molecule has 0 amide bonds. The Balaban J connectivity index is 2.19. The molecule has 0 atom stereocenters. The molecule has 2 heteroatoms. The minimum absolute atomic E-state index is 0.817. The smallest absolute Gasteiger partial charge is 0.142 e. The molecular formula is C17H21NO. The third-order valence-electron chi connectivity index (χ3n) is 3.46. The molecule has 100 valence electrons. The van der Waals surface area contributed by atoms with Crippen molar-refractivity contribution in [3.63, 3.8) is 0 Å². The average Bonchev–Trinajstić information content (AvgIpc) is 2.39. The van der Waals surface area contributed by atoms with Crippen molar-refractivity contribution in [2.45, 2.75) is 27.3 Å². The van der Waals surface area contributed by atoms with Crippen LogP contribution >= 0.6 is 0 Å². The van der Waals surface area contributed by atoms with Gasteiger partial charge in [0.1, 0.15) is 5.75 Å². The maximum atomic E-state index is 5.41. The van der Waals surface area contributed by atoms with Crippen LogP contribution < -0.4 is 10.1 Å². The summed E-state index contributed by atoms with van der Waals surface area (Å²) in [7, 11) is 1.71. The molecule has 0 aliphatic heterocycles. The lowest BCUT2D eigenvalue weighted by Crippen LogP contribution is -2.04. The van der Waals surface area contributed by atoms with Crippen molar-refractivity contribution in [2.24, 2.45) is 0 Å². The minimum atomic E-state index is 0.817. The zero-order valence-corrected chi connectivity index (χ0v) is 12.1. The Bertz CT molecular complexity index is 555. The topological polar surface area (TPSA) is 21.3 Å². The summed E-state index contributed by atoms with van der Waals surface area (Å²) in [6, 6.07) is 12.6. The maximum absolute atomic E-state index is 5.41. The quantitative estimate of drug-likeness (QED) is 0.882. The summed E-state index contributed by atoms with van der Waals surface area (Å²) >= 11 is 0. The van der Waals surface area contributed by atoms with E-state index in [4.69, 9.17) is 4.74 Å². The summed E-state index contributed by atoms with van der Waals surface area (Å²) in [5.74, 6) is 0.895. The van der Waals surface area contributed by atoms with E-state index in [1.165, 1.54) is 22.3 Å². The van der Waals surface area contributed by atoms with E-state index in [0.717, 1.165) is 18.0 Å². The molecule has 0 radical (unpaired) electrons. The number of aryl methyl sites for hydroxylation is 3. The van der Waals surface area contributed by atoms with Gasteiger partial charge in [0.25, 0.3) is 0 Å². The normalized spacial score (nSPS) is 10.3. The molecule has 0 fully saturated rings. The Kier molecular flexibility index (Phi) is 4.10. The van der Waals surface area contributed by atoms with Gasteiger partial charge in [-0.3, -0.25) is 0 Å². The predicted molar refractivity (Wildman–Crippen MR) is 81.0 cm³/mol. The van der Waals surface area contributed by atoms with Crippen LogP contribution in [0, 0.1) is 20.8 Å². The molecule has 2 aromatic carbocycles. The summed E-state index contributed by atoms with van der Waals surface area (Å²) in [5, 5.41) is 3.46. The second-order valence-corrected chi connectivity index (χ2v) is 4.93. The zero-order chi connectivity index (χ0) is 13.8. The van der Waals surface area contributed by atoms with Crippen LogP contribution in [0.3, 0.4) is 0 Å². The van der Waals surface area contributed by atoms with Gasteiger partial charge in [-0.2, -0.15) is 0 Å². The number of anilines is 1. The van der Waals surface area contributed by atoms with Crippen molar-refractivity contribution in [2.75, 3.05) is 12.4 Å². The van der Waals surface area contributed by atoms with Gasteiger partial charge in [0.15, 0.2) is 0 Å². The number of hydrogen-bond acceptors (Lipinski definition) is 2. The molecule has 2 nitrogen and oxygen atoms in total. The van der Waals surface area contributed by atoms with Crippen molar-refractivity contribution in [3.8, 4) is 5.75 Å². The number of nitrogens with one attached hydrogen (secondary N) is 1. The fraction of sp³-hybridized carbons (Fsp3) is 0.294. The predicted octanol–water partition coefficient (Wildman–Crippen LogP) is 4.23. The summed E-state index contributed by atoms with van der Waals surface area (Å²) in [6.45, 7) is 7.18. The largest absolute Gasteiger partial charge is 0.495 e. The van der Waals surface area contributed by atoms with Gasteiger partial charge in [-0.15, -0.1) is 0 Å². The van der Waals surface area contributed by atoms with E-state index in [0.29, 0.717) is 0 Å². The van der Waals surface area contributed by atoms with Crippen LogP contribution in [0.15, 0.2) is 36.4 Å². The number of methoxy groups -OCH3 is 1. The Hall–Kier alpha value is -1.96. The molecule has 0 aliphatic carbocycles. The Morgan fingerprint density at radius 1 is 1.00 bits per heavy atom. The van der Waals surface area contributed by atoms with Gasteiger partial charge in [0.2, 0.25) is 0 Å². The highest BCUT2D eigenvalue weighted by Crippen LogP contribution is 2.26. The summed E-state index contributed by atoms with van der Waals surface area (Å²) in [6.07, 6.45) is 0. The lowest BCUT2D eigenvalue weighted by atomic mass is 10.0. The molecular weight excluding hydrogens is 234 g/mol.